The van der Waals surface area contributed by atoms with Crippen molar-refractivity contribution in [2.75, 3.05) is 70.7 Å². The molecule has 1 saturated heterocycles. The summed E-state index contributed by atoms with van der Waals surface area (Å²) in [5, 5.41) is 36.6. The lowest BCUT2D eigenvalue weighted by Gasteiger charge is -2.36. The summed E-state index contributed by atoms with van der Waals surface area (Å²) >= 11 is 6.18. The van der Waals surface area contributed by atoms with Crippen LogP contribution < -0.4 is 15.0 Å². The summed E-state index contributed by atoms with van der Waals surface area (Å²) in [6, 6.07) is 9.34. The smallest absolute Gasteiger partial charge is 0.335 e. The van der Waals surface area contributed by atoms with Gasteiger partial charge in [-0.05, 0) is 43.3 Å². The number of aliphatic hydroxyl groups excluding tert-OH is 2. The fourth-order valence-corrected chi connectivity index (χ4v) is 4.03. The van der Waals surface area contributed by atoms with Gasteiger partial charge in [0.1, 0.15) is 11.6 Å². The van der Waals surface area contributed by atoms with Crippen molar-refractivity contribution in [1.29, 1.82) is 0 Å². The maximum atomic E-state index is 12.3. The van der Waals surface area contributed by atoms with Crippen molar-refractivity contribution in [1.82, 2.24) is 14.8 Å². The van der Waals surface area contributed by atoms with E-state index in [1.54, 1.807) is 44.4 Å². The van der Waals surface area contributed by atoms with Gasteiger partial charge in [-0.2, -0.15) is 0 Å². The molecule has 14 heteroatoms. The summed E-state index contributed by atoms with van der Waals surface area (Å²) in [5.74, 6) is -2.08. The van der Waals surface area contributed by atoms with Crippen LogP contribution in [0.4, 0.5) is 11.5 Å². The quantitative estimate of drug-likeness (QED) is 0.238. The van der Waals surface area contributed by atoms with E-state index in [4.69, 9.17) is 36.8 Å². The first-order valence-corrected chi connectivity index (χ1v) is 12.9. The van der Waals surface area contributed by atoms with Crippen molar-refractivity contribution in [3.8, 4) is 5.75 Å². The molecule has 2 heterocycles. The van der Waals surface area contributed by atoms with E-state index in [1.807, 2.05) is 18.2 Å². The highest BCUT2D eigenvalue weighted by Gasteiger charge is 2.29. The lowest BCUT2D eigenvalue weighted by molar-refractivity contribution is -0.165. The zero-order valence-electron chi connectivity index (χ0n) is 22.7. The van der Waals surface area contributed by atoms with Gasteiger partial charge < -0.3 is 40.3 Å². The number of rotatable bonds is 11. The number of methoxy groups -OCH3 is 1. The first kappa shape index (κ1) is 32.6. The second kappa shape index (κ2) is 15.8. The maximum absolute atomic E-state index is 12.3. The van der Waals surface area contributed by atoms with Gasteiger partial charge >= 0.3 is 11.9 Å². The molecule has 1 aliphatic heterocycles. The number of carbonyl (C=O) groups is 3. The Kier molecular flexibility index (Phi) is 12.9. The molecule has 1 aliphatic rings. The van der Waals surface area contributed by atoms with Gasteiger partial charge in [-0.3, -0.25) is 9.69 Å². The van der Waals surface area contributed by atoms with Crippen molar-refractivity contribution in [3.05, 3.63) is 47.1 Å². The van der Waals surface area contributed by atoms with Crippen molar-refractivity contribution in [2.45, 2.75) is 18.6 Å². The summed E-state index contributed by atoms with van der Waals surface area (Å²) in [5.41, 5.74) is 1.66. The summed E-state index contributed by atoms with van der Waals surface area (Å²) in [6.45, 7) is 5.62. The van der Waals surface area contributed by atoms with E-state index < -0.39 is 24.1 Å². The number of halogens is 1. The molecule has 0 bridgehead atoms. The number of pyridine rings is 1. The van der Waals surface area contributed by atoms with Crippen molar-refractivity contribution < 1.29 is 39.5 Å². The minimum Gasteiger partial charge on any atom is -0.495 e. The number of aliphatic carboxylic acids is 2. The number of carboxylic acid groups (broad SMARTS) is 2. The first-order chi connectivity index (χ1) is 19.0. The maximum Gasteiger partial charge on any atom is 0.335 e. The Bertz CT molecular complexity index is 1130. The van der Waals surface area contributed by atoms with Crippen LogP contribution in [0.1, 0.15) is 16.8 Å². The van der Waals surface area contributed by atoms with Gasteiger partial charge in [0, 0.05) is 58.0 Å². The SMILES string of the molecule is COc1ccc(Cl)cc1N1CCN(CCCNc2ncccc2C(=O)N(C)C)CC1.O=C(O)C(O)C(O)C(=O)O. The molecule has 3 rings (SSSR count). The van der Waals surface area contributed by atoms with Crippen LogP contribution in [0.5, 0.6) is 5.75 Å². The zero-order valence-corrected chi connectivity index (χ0v) is 23.4. The largest absolute Gasteiger partial charge is 0.495 e. The van der Waals surface area contributed by atoms with Crippen molar-refractivity contribution >= 4 is 41.0 Å². The van der Waals surface area contributed by atoms with E-state index in [-0.39, 0.29) is 5.91 Å². The highest BCUT2D eigenvalue weighted by atomic mass is 35.5. The minimum absolute atomic E-state index is 0.0434. The Hall–Kier alpha value is -3.65. The number of nitrogens with zero attached hydrogens (tertiary/aromatic N) is 4. The van der Waals surface area contributed by atoms with Crippen LogP contribution in [0.2, 0.25) is 5.02 Å². The Balaban J connectivity index is 0.000000478. The van der Waals surface area contributed by atoms with Gasteiger partial charge in [-0.1, -0.05) is 11.6 Å². The third kappa shape index (κ3) is 9.52. The lowest BCUT2D eigenvalue weighted by atomic mass is 10.2. The molecule has 220 valence electrons. The normalized spacial score (nSPS) is 14.8. The number of ether oxygens (including phenoxy) is 1. The van der Waals surface area contributed by atoms with E-state index in [0.29, 0.717) is 11.4 Å². The van der Waals surface area contributed by atoms with Gasteiger partial charge in [-0.25, -0.2) is 14.6 Å². The predicted molar refractivity (Wildman–Crippen MR) is 149 cm³/mol. The minimum atomic E-state index is -2.27. The van der Waals surface area contributed by atoms with Crippen LogP contribution in [0.25, 0.3) is 0 Å². The third-order valence-corrected chi connectivity index (χ3v) is 6.28. The molecule has 1 aromatic heterocycles. The molecule has 2 unspecified atom stereocenters. The molecule has 1 amide bonds. The molecule has 1 aromatic carbocycles. The van der Waals surface area contributed by atoms with Crippen LogP contribution in [0, 0.1) is 0 Å². The van der Waals surface area contributed by atoms with Crippen LogP contribution >= 0.6 is 11.6 Å². The molecular formula is C26H36ClN5O8. The average Bonchev–Trinajstić information content (AvgIpc) is 2.94. The number of nitrogens with one attached hydrogen (secondary N) is 1. The molecule has 0 spiro atoms. The number of anilines is 2. The van der Waals surface area contributed by atoms with E-state index in [2.05, 4.69) is 20.1 Å². The second-order valence-electron chi connectivity index (χ2n) is 9.09. The highest BCUT2D eigenvalue weighted by molar-refractivity contribution is 6.31. The van der Waals surface area contributed by atoms with Crippen LogP contribution in [-0.4, -0.2) is 126 Å². The Morgan fingerprint density at radius 2 is 1.70 bits per heavy atom. The lowest BCUT2D eigenvalue weighted by Crippen LogP contribution is -2.47. The number of hydrogen-bond donors (Lipinski definition) is 5. The molecule has 0 saturated carbocycles. The molecule has 0 radical (unpaired) electrons. The Morgan fingerprint density at radius 3 is 2.25 bits per heavy atom. The first-order valence-electron chi connectivity index (χ1n) is 12.5. The van der Waals surface area contributed by atoms with Gasteiger partial charge in [0.2, 0.25) is 0 Å². The fraction of sp³-hybridized carbons (Fsp3) is 0.462. The van der Waals surface area contributed by atoms with E-state index in [9.17, 15) is 14.4 Å². The van der Waals surface area contributed by atoms with E-state index in [0.717, 1.165) is 62.1 Å². The van der Waals surface area contributed by atoms with Gasteiger partial charge in [-0.15, -0.1) is 0 Å². The third-order valence-electron chi connectivity index (χ3n) is 6.05. The fourth-order valence-electron chi connectivity index (χ4n) is 3.86. The topological polar surface area (TPSA) is 176 Å². The van der Waals surface area contributed by atoms with Gasteiger partial charge in [0.25, 0.3) is 5.91 Å². The molecule has 1 fully saturated rings. The number of carboxylic acids is 2. The summed E-state index contributed by atoms with van der Waals surface area (Å²) < 4.78 is 5.49. The Labute approximate surface area is 237 Å². The van der Waals surface area contributed by atoms with Gasteiger partial charge in [0.05, 0.1) is 18.4 Å². The number of aromatic nitrogens is 1. The van der Waals surface area contributed by atoms with Gasteiger partial charge in [0.15, 0.2) is 12.2 Å². The van der Waals surface area contributed by atoms with Crippen LogP contribution in [0.15, 0.2) is 36.5 Å². The van der Waals surface area contributed by atoms with E-state index in [1.165, 1.54) is 0 Å². The monoisotopic (exact) mass is 581 g/mol. The van der Waals surface area contributed by atoms with Crippen molar-refractivity contribution in [2.24, 2.45) is 0 Å². The molecular weight excluding hydrogens is 546 g/mol. The number of aliphatic hydroxyl groups is 2. The number of benzene rings is 1. The molecule has 40 heavy (non-hydrogen) atoms. The molecule has 2 atom stereocenters. The summed E-state index contributed by atoms with van der Waals surface area (Å²) in [4.78, 5) is 42.5. The molecule has 13 nitrogen and oxygen atoms in total. The zero-order chi connectivity index (χ0) is 29.8. The predicted octanol–water partition coefficient (Wildman–Crippen LogP) is 0.947. The highest BCUT2D eigenvalue weighted by Crippen LogP contribution is 2.31. The number of piperazine rings is 1. The summed E-state index contributed by atoms with van der Waals surface area (Å²) in [6.07, 6.45) is -1.85. The standard InChI is InChI=1S/C22H30ClN5O2.C4H6O6/c1-26(2)22(29)18-6-4-9-24-21(18)25-10-5-11-27-12-14-28(15-13-27)19-16-17(23)7-8-20(19)30-3;5-1(3(7)8)2(6)4(9)10/h4,6-9,16H,5,10-15H2,1-3H3,(H,24,25);1-2,5-6H,(H,7,8)(H,9,10). The number of amides is 1. The molecule has 2 aromatic rings. The second-order valence-corrected chi connectivity index (χ2v) is 9.53. The van der Waals surface area contributed by atoms with E-state index >= 15 is 0 Å². The summed E-state index contributed by atoms with van der Waals surface area (Å²) in [7, 11) is 5.19. The Morgan fingerprint density at radius 1 is 1.07 bits per heavy atom. The van der Waals surface area contributed by atoms with Crippen molar-refractivity contribution in [3.63, 3.8) is 0 Å². The van der Waals surface area contributed by atoms with Crippen LogP contribution in [-0.2, 0) is 9.59 Å². The molecule has 5 N–H and O–H groups in total. The number of hydrogen-bond acceptors (Lipinski definition) is 10. The number of carbonyl (C=O) groups excluding carboxylic acids is 1. The van der Waals surface area contributed by atoms with Crippen LogP contribution in [0.3, 0.4) is 0 Å². The average molecular weight is 582 g/mol. The molecule has 0 aliphatic carbocycles.